The number of ether oxygens (including phenoxy) is 2. The van der Waals surface area contributed by atoms with Gasteiger partial charge in [-0.1, -0.05) is 13.8 Å². The summed E-state index contributed by atoms with van der Waals surface area (Å²) in [5.74, 6) is 2.70. The molecular weight excluding hydrogens is 242 g/mol. The second-order valence-corrected chi connectivity index (χ2v) is 4.88. The fraction of sp³-hybridized carbons (Fsp3) is 0.357. The number of rotatable bonds is 3. The number of imidazole rings is 1. The number of nitrogens with one attached hydrogen (secondary N) is 1. The Balaban J connectivity index is 2.02. The maximum Gasteiger partial charge on any atom is 0.231 e. The van der Waals surface area contributed by atoms with E-state index in [2.05, 4.69) is 23.8 Å². The van der Waals surface area contributed by atoms with Gasteiger partial charge in [-0.25, -0.2) is 4.98 Å². The standard InChI is InChI=1S/C14H17N3O2/c1-8(2)13-10(6-15)16-14(17-13)9-3-4-11-12(5-9)19-7-18-11/h3-5,8H,6-7,15H2,1-2H3,(H,16,17). The van der Waals surface area contributed by atoms with Crippen molar-refractivity contribution in [2.75, 3.05) is 6.79 Å². The molecule has 1 aromatic heterocycles. The quantitative estimate of drug-likeness (QED) is 0.887. The number of fused-ring (bicyclic) bond motifs is 1. The largest absolute Gasteiger partial charge is 0.454 e. The van der Waals surface area contributed by atoms with Gasteiger partial charge in [0.15, 0.2) is 11.5 Å². The van der Waals surface area contributed by atoms with Gasteiger partial charge in [-0.2, -0.15) is 0 Å². The molecule has 0 amide bonds. The van der Waals surface area contributed by atoms with E-state index in [0.717, 1.165) is 34.3 Å². The Kier molecular flexibility index (Phi) is 2.91. The molecule has 0 aliphatic carbocycles. The molecule has 3 rings (SSSR count). The normalized spacial score (nSPS) is 13.3. The minimum atomic E-state index is 0.280. The van der Waals surface area contributed by atoms with Crippen LogP contribution in [0.1, 0.15) is 31.2 Å². The lowest BCUT2D eigenvalue weighted by Gasteiger charge is -2.01. The van der Waals surface area contributed by atoms with Crippen LogP contribution in [0.3, 0.4) is 0 Å². The Labute approximate surface area is 111 Å². The summed E-state index contributed by atoms with van der Waals surface area (Å²) in [6, 6.07) is 5.81. The predicted molar refractivity (Wildman–Crippen MR) is 72.1 cm³/mol. The van der Waals surface area contributed by atoms with Crippen LogP contribution in [0.4, 0.5) is 0 Å². The molecule has 0 saturated carbocycles. The van der Waals surface area contributed by atoms with Crippen molar-refractivity contribution in [2.45, 2.75) is 26.3 Å². The summed E-state index contributed by atoms with van der Waals surface area (Å²) in [5, 5.41) is 0. The smallest absolute Gasteiger partial charge is 0.231 e. The second-order valence-electron chi connectivity index (χ2n) is 4.88. The first-order chi connectivity index (χ1) is 9.19. The molecule has 100 valence electrons. The van der Waals surface area contributed by atoms with E-state index in [4.69, 9.17) is 15.2 Å². The van der Waals surface area contributed by atoms with Crippen molar-refractivity contribution in [3.8, 4) is 22.9 Å². The van der Waals surface area contributed by atoms with Gasteiger partial charge in [-0.3, -0.25) is 0 Å². The van der Waals surface area contributed by atoms with Crippen LogP contribution >= 0.6 is 0 Å². The maximum absolute atomic E-state index is 5.75. The molecule has 1 aliphatic heterocycles. The number of nitrogens with two attached hydrogens (primary N) is 1. The number of aromatic nitrogens is 2. The summed E-state index contributed by atoms with van der Waals surface area (Å²) in [5.41, 5.74) is 8.74. The molecule has 5 heteroatoms. The van der Waals surface area contributed by atoms with Crippen molar-refractivity contribution >= 4 is 0 Å². The van der Waals surface area contributed by atoms with Crippen molar-refractivity contribution in [3.63, 3.8) is 0 Å². The molecule has 0 radical (unpaired) electrons. The molecule has 2 heterocycles. The minimum Gasteiger partial charge on any atom is -0.454 e. The lowest BCUT2D eigenvalue weighted by atomic mass is 10.1. The number of hydrogen-bond donors (Lipinski definition) is 2. The van der Waals surface area contributed by atoms with Crippen molar-refractivity contribution < 1.29 is 9.47 Å². The first-order valence-electron chi connectivity index (χ1n) is 6.38. The van der Waals surface area contributed by atoms with Crippen molar-refractivity contribution in [1.82, 2.24) is 9.97 Å². The van der Waals surface area contributed by atoms with E-state index >= 15 is 0 Å². The lowest BCUT2D eigenvalue weighted by molar-refractivity contribution is 0.174. The van der Waals surface area contributed by atoms with Gasteiger partial charge < -0.3 is 20.2 Å². The van der Waals surface area contributed by atoms with E-state index in [-0.39, 0.29) is 6.79 Å². The zero-order valence-electron chi connectivity index (χ0n) is 11.1. The molecule has 0 fully saturated rings. The third-order valence-corrected chi connectivity index (χ3v) is 3.21. The molecule has 0 atom stereocenters. The summed E-state index contributed by atoms with van der Waals surface area (Å²) in [6.45, 7) is 4.96. The van der Waals surface area contributed by atoms with Crippen molar-refractivity contribution in [2.24, 2.45) is 5.73 Å². The highest BCUT2D eigenvalue weighted by Gasteiger charge is 2.17. The third kappa shape index (κ3) is 2.06. The number of benzene rings is 1. The van der Waals surface area contributed by atoms with Crippen LogP contribution in [0.2, 0.25) is 0 Å². The van der Waals surface area contributed by atoms with Gasteiger partial charge in [-0.15, -0.1) is 0 Å². The highest BCUT2D eigenvalue weighted by Crippen LogP contribution is 2.35. The van der Waals surface area contributed by atoms with Gasteiger partial charge in [0.25, 0.3) is 0 Å². The number of hydrogen-bond acceptors (Lipinski definition) is 4. The first kappa shape index (κ1) is 12.0. The molecule has 3 N–H and O–H groups in total. The van der Waals surface area contributed by atoms with Crippen molar-refractivity contribution in [1.29, 1.82) is 0 Å². The molecular formula is C14H17N3O2. The topological polar surface area (TPSA) is 73.2 Å². The maximum atomic E-state index is 5.75. The number of nitrogens with zero attached hydrogens (tertiary/aromatic N) is 1. The number of H-pyrrole nitrogens is 1. The zero-order valence-corrected chi connectivity index (χ0v) is 11.1. The van der Waals surface area contributed by atoms with Crippen LogP contribution < -0.4 is 15.2 Å². The summed E-state index contributed by atoms with van der Waals surface area (Å²) in [4.78, 5) is 7.93. The molecule has 19 heavy (non-hydrogen) atoms. The molecule has 1 aliphatic rings. The predicted octanol–water partition coefficient (Wildman–Crippen LogP) is 2.39. The SMILES string of the molecule is CC(C)c1nc(-c2ccc3c(c2)OCO3)[nH]c1CN. The zero-order chi connectivity index (χ0) is 13.4. The van der Waals surface area contributed by atoms with E-state index in [1.165, 1.54) is 0 Å². The van der Waals surface area contributed by atoms with Gasteiger partial charge in [0.05, 0.1) is 11.4 Å². The van der Waals surface area contributed by atoms with E-state index < -0.39 is 0 Å². The van der Waals surface area contributed by atoms with Gasteiger partial charge in [-0.05, 0) is 24.1 Å². The third-order valence-electron chi connectivity index (χ3n) is 3.21. The van der Waals surface area contributed by atoms with Crippen LogP contribution in [0, 0.1) is 0 Å². The Morgan fingerprint density at radius 1 is 1.32 bits per heavy atom. The van der Waals surface area contributed by atoms with Crippen LogP contribution in [0.25, 0.3) is 11.4 Å². The van der Waals surface area contributed by atoms with Gasteiger partial charge in [0.1, 0.15) is 5.82 Å². The fourth-order valence-electron chi connectivity index (χ4n) is 2.24. The van der Waals surface area contributed by atoms with E-state index in [9.17, 15) is 0 Å². The molecule has 0 spiro atoms. The second kappa shape index (κ2) is 4.59. The monoisotopic (exact) mass is 259 g/mol. The Bertz CT molecular complexity index is 605. The molecule has 2 aromatic rings. The number of aromatic amines is 1. The van der Waals surface area contributed by atoms with E-state index in [1.807, 2.05) is 18.2 Å². The van der Waals surface area contributed by atoms with E-state index in [1.54, 1.807) is 0 Å². The summed E-state index contributed by atoms with van der Waals surface area (Å²) >= 11 is 0. The molecule has 0 unspecified atom stereocenters. The van der Waals surface area contributed by atoms with Crippen LogP contribution in [0.15, 0.2) is 18.2 Å². The van der Waals surface area contributed by atoms with Gasteiger partial charge >= 0.3 is 0 Å². The molecule has 0 saturated heterocycles. The van der Waals surface area contributed by atoms with E-state index in [0.29, 0.717) is 12.5 Å². The van der Waals surface area contributed by atoms with Crippen molar-refractivity contribution in [3.05, 3.63) is 29.6 Å². The lowest BCUT2D eigenvalue weighted by Crippen LogP contribution is -2.02. The van der Waals surface area contributed by atoms with Gasteiger partial charge in [0, 0.05) is 12.1 Å². The highest BCUT2D eigenvalue weighted by atomic mass is 16.7. The summed E-state index contributed by atoms with van der Waals surface area (Å²) in [7, 11) is 0. The molecule has 5 nitrogen and oxygen atoms in total. The fourth-order valence-corrected chi connectivity index (χ4v) is 2.24. The minimum absolute atomic E-state index is 0.280. The Morgan fingerprint density at radius 3 is 2.79 bits per heavy atom. The average molecular weight is 259 g/mol. The van der Waals surface area contributed by atoms with Crippen LogP contribution in [-0.2, 0) is 6.54 Å². The van der Waals surface area contributed by atoms with Crippen LogP contribution in [0.5, 0.6) is 11.5 Å². The highest BCUT2D eigenvalue weighted by molar-refractivity contribution is 5.62. The average Bonchev–Trinajstić information content (AvgIpc) is 3.04. The Hall–Kier alpha value is -2.01. The summed E-state index contributed by atoms with van der Waals surface area (Å²) < 4.78 is 10.7. The van der Waals surface area contributed by atoms with Gasteiger partial charge in [0.2, 0.25) is 6.79 Å². The van der Waals surface area contributed by atoms with Crippen LogP contribution in [-0.4, -0.2) is 16.8 Å². The molecule has 1 aromatic carbocycles. The Morgan fingerprint density at radius 2 is 2.11 bits per heavy atom. The molecule has 0 bridgehead atoms. The first-order valence-corrected chi connectivity index (χ1v) is 6.38. The summed E-state index contributed by atoms with van der Waals surface area (Å²) in [6.07, 6.45) is 0.